The highest BCUT2D eigenvalue weighted by atomic mass is 35.5. The quantitative estimate of drug-likeness (QED) is 0.663. The monoisotopic (exact) mass is 281 g/mol. The molecule has 0 atom stereocenters. The lowest BCUT2D eigenvalue weighted by Gasteiger charge is -1.95. The Morgan fingerprint density at radius 3 is 2.65 bits per heavy atom. The maximum Gasteiger partial charge on any atom is 0.118 e. The number of benzene rings is 2. The molecule has 2 aromatic carbocycles. The fourth-order valence-corrected chi connectivity index (χ4v) is 2.07. The first-order valence-corrected chi connectivity index (χ1v) is 6.59. The number of allylic oxidation sites excluding steroid dienone is 1. The number of nitrogens with zero attached hydrogens (tertiary/aromatic N) is 3. The molecule has 0 aliphatic rings. The maximum atomic E-state index is 6.16. The second kappa shape index (κ2) is 5.72. The van der Waals surface area contributed by atoms with E-state index in [1.165, 1.54) is 0 Å². The summed E-state index contributed by atoms with van der Waals surface area (Å²) in [5.74, 6) is 0. The minimum Gasteiger partial charge on any atom is -0.235 e. The highest BCUT2D eigenvalue weighted by molar-refractivity contribution is 6.41. The van der Waals surface area contributed by atoms with Crippen LogP contribution in [0.1, 0.15) is 5.56 Å². The molecule has 0 saturated carbocycles. The van der Waals surface area contributed by atoms with E-state index in [2.05, 4.69) is 10.1 Å². The van der Waals surface area contributed by atoms with E-state index in [-0.39, 0.29) is 0 Å². The normalized spacial score (nSPS) is 12.3. The van der Waals surface area contributed by atoms with Crippen LogP contribution in [-0.2, 0) is 0 Å². The minimum absolute atomic E-state index is 0.564. The van der Waals surface area contributed by atoms with E-state index in [0.717, 1.165) is 16.6 Å². The van der Waals surface area contributed by atoms with Gasteiger partial charge in [-0.1, -0.05) is 54.1 Å². The van der Waals surface area contributed by atoms with Gasteiger partial charge < -0.3 is 0 Å². The molecule has 0 amide bonds. The molecule has 0 aliphatic carbocycles. The van der Waals surface area contributed by atoms with Gasteiger partial charge in [-0.2, -0.15) is 5.10 Å². The highest BCUT2D eigenvalue weighted by Crippen LogP contribution is 2.12. The van der Waals surface area contributed by atoms with Gasteiger partial charge in [-0.3, -0.25) is 0 Å². The molecule has 3 rings (SSSR count). The van der Waals surface area contributed by atoms with Crippen LogP contribution >= 0.6 is 11.6 Å². The smallest absolute Gasteiger partial charge is 0.118 e. The molecule has 20 heavy (non-hydrogen) atoms. The van der Waals surface area contributed by atoms with Gasteiger partial charge in [-0.05, 0) is 23.8 Å². The molecule has 0 bridgehead atoms. The predicted octanol–water partition coefficient (Wildman–Crippen LogP) is 4.15. The second-order valence-corrected chi connectivity index (χ2v) is 4.70. The largest absolute Gasteiger partial charge is 0.235 e. The zero-order chi connectivity index (χ0) is 13.8. The summed E-state index contributed by atoms with van der Waals surface area (Å²) in [4.78, 5) is 4.27. The molecule has 0 fully saturated rings. The average molecular weight is 282 g/mol. The number of halogens is 1. The molecule has 1 heterocycles. The first-order chi connectivity index (χ1) is 9.83. The zero-order valence-corrected chi connectivity index (χ0v) is 11.4. The van der Waals surface area contributed by atoms with Crippen LogP contribution in [0.3, 0.4) is 0 Å². The van der Waals surface area contributed by atoms with Crippen molar-refractivity contribution < 1.29 is 0 Å². The Morgan fingerprint density at radius 2 is 1.80 bits per heavy atom. The molecule has 0 spiro atoms. The summed E-state index contributed by atoms with van der Waals surface area (Å²) >= 11 is 6.16. The fourth-order valence-electron chi connectivity index (χ4n) is 1.90. The molecule has 0 unspecified atom stereocenters. The Balaban J connectivity index is 1.85. The average Bonchev–Trinajstić information content (AvgIpc) is 2.89. The molecule has 0 N–H and O–H groups in total. The Labute approximate surface area is 121 Å². The molecule has 3 aromatic rings. The van der Waals surface area contributed by atoms with Crippen molar-refractivity contribution >= 4 is 34.9 Å². The van der Waals surface area contributed by atoms with Crippen molar-refractivity contribution in [1.82, 2.24) is 9.66 Å². The predicted molar refractivity (Wildman–Crippen MR) is 83.9 cm³/mol. The summed E-state index contributed by atoms with van der Waals surface area (Å²) in [6.07, 6.45) is 5.15. The van der Waals surface area contributed by atoms with Crippen LogP contribution in [0.5, 0.6) is 0 Å². The van der Waals surface area contributed by atoms with Gasteiger partial charge in [-0.15, -0.1) is 0 Å². The lowest BCUT2D eigenvalue weighted by Crippen LogP contribution is -1.87. The van der Waals surface area contributed by atoms with E-state index >= 15 is 0 Å². The third-order valence-electron chi connectivity index (χ3n) is 2.84. The fraction of sp³-hybridized carbons (Fsp3) is 0. The first kappa shape index (κ1) is 12.6. The van der Waals surface area contributed by atoms with E-state index in [9.17, 15) is 0 Å². The maximum absolute atomic E-state index is 6.16. The third kappa shape index (κ3) is 2.78. The number of fused-ring (bicyclic) bond motifs is 1. The third-order valence-corrected chi connectivity index (χ3v) is 3.05. The molecule has 4 heteroatoms. The van der Waals surface area contributed by atoms with Gasteiger partial charge in [0.15, 0.2) is 0 Å². The van der Waals surface area contributed by atoms with Crippen molar-refractivity contribution in [3.05, 3.63) is 71.5 Å². The van der Waals surface area contributed by atoms with Gasteiger partial charge in [0.25, 0.3) is 0 Å². The molecule has 1 aromatic heterocycles. The topological polar surface area (TPSA) is 30.2 Å². The summed E-state index contributed by atoms with van der Waals surface area (Å²) in [6.45, 7) is 0. The van der Waals surface area contributed by atoms with Gasteiger partial charge in [-0.25, -0.2) is 9.66 Å². The molecule has 3 nitrogen and oxygen atoms in total. The summed E-state index contributed by atoms with van der Waals surface area (Å²) in [5.41, 5.74) is 2.90. The number of aromatic nitrogens is 2. The van der Waals surface area contributed by atoms with E-state index < -0.39 is 0 Å². The van der Waals surface area contributed by atoms with Crippen LogP contribution in [0.4, 0.5) is 0 Å². The lowest BCUT2D eigenvalue weighted by molar-refractivity contribution is 0.915. The summed E-state index contributed by atoms with van der Waals surface area (Å²) < 4.78 is 1.70. The van der Waals surface area contributed by atoms with Gasteiger partial charge in [0, 0.05) is 0 Å². The summed E-state index contributed by atoms with van der Waals surface area (Å²) in [6, 6.07) is 17.7. The highest BCUT2D eigenvalue weighted by Gasteiger charge is 1.98. The molecule has 98 valence electrons. The van der Waals surface area contributed by atoms with Crippen LogP contribution in [0.2, 0.25) is 0 Å². The van der Waals surface area contributed by atoms with Crippen molar-refractivity contribution in [2.75, 3.05) is 0 Å². The van der Waals surface area contributed by atoms with Crippen molar-refractivity contribution in [3.63, 3.8) is 0 Å². The number of hydrogen-bond donors (Lipinski definition) is 0. The van der Waals surface area contributed by atoms with Gasteiger partial charge in [0.2, 0.25) is 0 Å². The standard InChI is InChI=1S/C16H12ClN3/c17-14(10-13-6-2-1-3-7-13)11-19-20-12-18-15-8-4-5-9-16(15)20/h1-12H/b14-10-,19-11-. The van der Waals surface area contributed by atoms with Crippen LogP contribution in [0, 0.1) is 0 Å². The van der Waals surface area contributed by atoms with E-state index in [1.807, 2.05) is 60.7 Å². The zero-order valence-electron chi connectivity index (χ0n) is 10.6. The van der Waals surface area contributed by atoms with Crippen molar-refractivity contribution in [3.8, 4) is 0 Å². The van der Waals surface area contributed by atoms with Crippen molar-refractivity contribution in [2.24, 2.45) is 5.10 Å². The molecular formula is C16H12ClN3. The van der Waals surface area contributed by atoms with E-state index in [4.69, 9.17) is 11.6 Å². The van der Waals surface area contributed by atoms with Gasteiger partial charge in [0.1, 0.15) is 6.33 Å². The van der Waals surface area contributed by atoms with Crippen molar-refractivity contribution in [1.29, 1.82) is 0 Å². The summed E-state index contributed by atoms with van der Waals surface area (Å²) in [5, 5.41) is 4.88. The van der Waals surface area contributed by atoms with Gasteiger partial charge >= 0.3 is 0 Å². The Hall–Kier alpha value is -2.39. The van der Waals surface area contributed by atoms with Crippen LogP contribution in [0.15, 0.2) is 71.1 Å². The SMILES string of the molecule is ClC(/C=N\n1cnc2ccccc21)=C\c1ccccc1. The molecule has 0 saturated heterocycles. The molecule has 0 aliphatic heterocycles. The van der Waals surface area contributed by atoms with Crippen LogP contribution in [-0.4, -0.2) is 15.9 Å². The molecular weight excluding hydrogens is 270 g/mol. The Morgan fingerprint density at radius 1 is 1.05 bits per heavy atom. The second-order valence-electron chi connectivity index (χ2n) is 4.26. The Kier molecular flexibility index (Phi) is 3.61. The number of para-hydroxylation sites is 2. The summed E-state index contributed by atoms with van der Waals surface area (Å²) in [7, 11) is 0. The van der Waals surface area contributed by atoms with E-state index in [0.29, 0.717) is 5.03 Å². The Bertz CT molecular complexity index is 773. The number of hydrogen-bond acceptors (Lipinski definition) is 2. The lowest BCUT2D eigenvalue weighted by atomic mass is 10.2. The minimum atomic E-state index is 0.564. The van der Waals surface area contributed by atoms with Crippen molar-refractivity contribution in [2.45, 2.75) is 0 Å². The van der Waals surface area contributed by atoms with E-state index in [1.54, 1.807) is 17.2 Å². The van der Waals surface area contributed by atoms with Gasteiger partial charge in [0.05, 0.1) is 22.3 Å². The van der Waals surface area contributed by atoms with Crippen LogP contribution < -0.4 is 0 Å². The first-order valence-electron chi connectivity index (χ1n) is 6.21. The van der Waals surface area contributed by atoms with Crippen LogP contribution in [0.25, 0.3) is 17.1 Å². The number of rotatable bonds is 3. The molecule has 0 radical (unpaired) electrons. The number of imidazole rings is 1.